The fraction of sp³-hybridized carbons (Fsp3) is 0.147. The lowest BCUT2D eigenvalue weighted by Gasteiger charge is -2.37. The van der Waals surface area contributed by atoms with E-state index in [0.29, 0.717) is 5.69 Å². The summed E-state index contributed by atoms with van der Waals surface area (Å²) < 4.78 is 7.46. The standard InChI is InChI=1S/C34H31N3O4/c1-25(26-14-6-2-7-15-26)41-33(40)36-31(32(38)39)22-30-23-37(24-35-30)34(27-16-8-3-9-17-27,28-18-10-4-11-19-28)29-20-12-5-13-21-29/h2-21,23-25,31H,22H2,1H3,(H,36,40)(H,38,39). The first-order valence-electron chi connectivity index (χ1n) is 13.4. The molecule has 7 nitrogen and oxygen atoms in total. The monoisotopic (exact) mass is 545 g/mol. The van der Waals surface area contributed by atoms with Gasteiger partial charge in [-0.3, -0.25) is 0 Å². The lowest BCUT2D eigenvalue weighted by atomic mass is 9.77. The number of carbonyl (C=O) groups is 2. The topological polar surface area (TPSA) is 93.5 Å². The molecule has 0 spiro atoms. The van der Waals surface area contributed by atoms with Crippen molar-refractivity contribution < 1.29 is 19.4 Å². The number of aliphatic carboxylic acids is 1. The first-order valence-corrected chi connectivity index (χ1v) is 13.4. The summed E-state index contributed by atoms with van der Waals surface area (Å²) in [6, 6.07) is 38.4. The third kappa shape index (κ3) is 5.89. The Labute approximate surface area is 239 Å². The number of hydrogen-bond donors (Lipinski definition) is 2. The Morgan fingerprint density at radius 2 is 1.27 bits per heavy atom. The molecule has 2 N–H and O–H groups in total. The molecular formula is C34H31N3O4. The quantitative estimate of drug-likeness (QED) is 0.204. The number of aromatic nitrogens is 2. The van der Waals surface area contributed by atoms with Gasteiger partial charge >= 0.3 is 12.1 Å². The van der Waals surface area contributed by atoms with Gasteiger partial charge in [0, 0.05) is 12.6 Å². The van der Waals surface area contributed by atoms with Gasteiger partial charge < -0.3 is 19.7 Å². The van der Waals surface area contributed by atoms with Crippen LogP contribution in [0, 0.1) is 0 Å². The summed E-state index contributed by atoms with van der Waals surface area (Å²) in [6.45, 7) is 1.74. The van der Waals surface area contributed by atoms with Crippen molar-refractivity contribution in [2.45, 2.75) is 31.0 Å². The maximum absolute atomic E-state index is 12.6. The first kappa shape index (κ1) is 27.4. The summed E-state index contributed by atoms with van der Waals surface area (Å²) in [6.07, 6.45) is 2.21. The molecule has 5 aromatic rings. The highest BCUT2D eigenvalue weighted by molar-refractivity contribution is 5.80. The molecule has 0 radical (unpaired) electrons. The van der Waals surface area contributed by atoms with Crippen molar-refractivity contribution in [3.63, 3.8) is 0 Å². The molecule has 1 amide bonds. The Morgan fingerprint density at radius 3 is 1.73 bits per heavy atom. The number of hydrogen-bond acceptors (Lipinski definition) is 4. The first-order chi connectivity index (χ1) is 20.0. The lowest BCUT2D eigenvalue weighted by Crippen LogP contribution is -2.43. The zero-order chi connectivity index (χ0) is 28.7. The minimum atomic E-state index is -1.23. The number of imidazole rings is 1. The van der Waals surface area contributed by atoms with Crippen LogP contribution in [0.15, 0.2) is 134 Å². The molecule has 2 atom stereocenters. The van der Waals surface area contributed by atoms with E-state index in [1.807, 2.05) is 95.7 Å². The minimum Gasteiger partial charge on any atom is -0.480 e. The molecule has 0 aliphatic carbocycles. The number of ether oxygens (including phenoxy) is 1. The van der Waals surface area contributed by atoms with Crippen molar-refractivity contribution in [2.75, 3.05) is 0 Å². The lowest BCUT2D eigenvalue weighted by molar-refractivity contribution is -0.139. The second-order valence-corrected chi connectivity index (χ2v) is 9.78. The van der Waals surface area contributed by atoms with E-state index in [2.05, 4.69) is 46.7 Å². The van der Waals surface area contributed by atoms with Crippen LogP contribution >= 0.6 is 0 Å². The van der Waals surface area contributed by atoms with Crippen molar-refractivity contribution >= 4 is 12.1 Å². The minimum absolute atomic E-state index is 0.0222. The van der Waals surface area contributed by atoms with Crippen LogP contribution in [0.5, 0.6) is 0 Å². The molecule has 4 aromatic carbocycles. The fourth-order valence-electron chi connectivity index (χ4n) is 5.18. The molecule has 0 saturated heterocycles. The number of benzene rings is 4. The van der Waals surface area contributed by atoms with E-state index in [9.17, 15) is 14.7 Å². The van der Waals surface area contributed by atoms with Crippen LogP contribution < -0.4 is 5.32 Å². The maximum atomic E-state index is 12.6. The summed E-state index contributed by atoms with van der Waals surface area (Å²) in [5.41, 5.74) is 3.62. The average Bonchev–Trinajstić information content (AvgIpc) is 3.48. The molecule has 2 unspecified atom stereocenters. The van der Waals surface area contributed by atoms with E-state index in [0.717, 1.165) is 22.3 Å². The third-order valence-electron chi connectivity index (χ3n) is 7.15. The van der Waals surface area contributed by atoms with Crippen LogP contribution in [0.2, 0.25) is 0 Å². The Kier molecular flexibility index (Phi) is 8.25. The number of alkyl carbamates (subject to hydrolysis) is 1. The van der Waals surface area contributed by atoms with E-state index in [4.69, 9.17) is 4.74 Å². The van der Waals surface area contributed by atoms with E-state index < -0.39 is 29.7 Å². The summed E-state index contributed by atoms with van der Waals surface area (Å²) in [5, 5.41) is 12.4. The highest BCUT2D eigenvalue weighted by Crippen LogP contribution is 2.40. The van der Waals surface area contributed by atoms with Gasteiger partial charge in [-0.25, -0.2) is 14.6 Å². The predicted octanol–water partition coefficient (Wildman–Crippen LogP) is 6.21. The molecule has 0 fully saturated rings. The second kappa shape index (κ2) is 12.3. The van der Waals surface area contributed by atoms with Crippen LogP contribution in [-0.2, 0) is 21.5 Å². The second-order valence-electron chi connectivity index (χ2n) is 9.78. The van der Waals surface area contributed by atoms with E-state index >= 15 is 0 Å². The number of nitrogens with one attached hydrogen (secondary N) is 1. The van der Waals surface area contributed by atoms with Gasteiger partial charge in [-0.05, 0) is 29.2 Å². The Morgan fingerprint density at radius 1 is 0.805 bits per heavy atom. The number of carboxylic acid groups (broad SMARTS) is 1. The van der Waals surface area contributed by atoms with Gasteiger partial charge in [0.1, 0.15) is 17.7 Å². The largest absolute Gasteiger partial charge is 0.480 e. The smallest absolute Gasteiger partial charge is 0.408 e. The zero-order valence-corrected chi connectivity index (χ0v) is 22.6. The van der Waals surface area contributed by atoms with Crippen molar-refractivity contribution in [1.29, 1.82) is 0 Å². The molecule has 0 bridgehead atoms. The van der Waals surface area contributed by atoms with Gasteiger partial charge in [0.05, 0.1) is 12.0 Å². The van der Waals surface area contributed by atoms with E-state index in [-0.39, 0.29) is 6.42 Å². The van der Waals surface area contributed by atoms with Crippen molar-refractivity contribution in [1.82, 2.24) is 14.9 Å². The molecule has 1 heterocycles. The number of amides is 1. The number of nitrogens with zero attached hydrogens (tertiary/aromatic N) is 2. The average molecular weight is 546 g/mol. The number of carboxylic acids is 1. The van der Waals surface area contributed by atoms with Crippen molar-refractivity contribution in [3.8, 4) is 0 Å². The molecule has 0 aliphatic rings. The molecule has 1 aromatic heterocycles. The fourth-order valence-corrected chi connectivity index (χ4v) is 5.18. The Hall–Kier alpha value is -5.17. The SMILES string of the molecule is CC(OC(=O)NC(Cc1cn(C(c2ccccc2)(c2ccccc2)c2ccccc2)cn1)C(=O)O)c1ccccc1. The van der Waals surface area contributed by atoms with E-state index in [1.165, 1.54) is 0 Å². The highest BCUT2D eigenvalue weighted by atomic mass is 16.6. The normalized spacial score (nSPS) is 12.7. The van der Waals surface area contributed by atoms with Gasteiger partial charge in [-0.1, -0.05) is 121 Å². The van der Waals surface area contributed by atoms with Crippen LogP contribution in [0.25, 0.3) is 0 Å². The predicted molar refractivity (Wildman–Crippen MR) is 156 cm³/mol. The van der Waals surface area contributed by atoms with Gasteiger partial charge in [0.2, 0.25) is 0 Å². The zero-order valence-electron chi connectivity index (χ0n) is 22.6. The number of carbonyl (C=O) groups excluding carboxylic acids is 1. The Balaban J connectivity index is 1.47. The molecule has 0 saturated carbocycles. The van der Waals surface area contributed by atoms with Crippen LogP contribution in [0.4, 0.5) is 4.79 Å². The molecule has 0 aliphatic heterocycles. The summed E-state index contributed by atoms with van der Waals surface area (Å²) in [5.74, 6) is -1.18. The van der Waals surface area contributed by atoms with Gasteiger partial charge in [0.25, 0.3) is 0 Å². The molecule has 5 rings (SSSR count). The van der Waals surface area contributed by atoms with Crippen LogP contribution in [0.3, 0.4) is 0 Å². The Bertz CT molecular complexity index is 1480. The van der Waals surface area contributed by atoms with Gasteiger partial charge in [-0.2, -0.15) is 0 Å². The van der Waals surface area contributed by atoms with Crippen molar-refractivity contribution in [2.24, 2.45) is 0 Å². The highest BCUT2D eigenvalue weighted by Gasteiger charge is 2.38. The molecule has 41 heavy (non-hydrogen) atoms. The number of rotatable bonds is 10. The summed E-state index contributed by atoms with van der Waals surface area (Å²) in [7, 11) is 0. The van der Waals surface area contributed by atoms with Crippen LogP contribution in [-0.4, -0.2) is 32.8 Å². The summed E-state index contributed by atoms with van der Waals surface area (Å²) in [4.78, 5) is 29.4. The molecule has 206 valence electrons. The van der Waals surface area contributed by atoms with Crippen molar-refractivity contribution in [3.05, 3.63) is 162 Å². The van der Waals surface area contributed by atoms with E-state index in [1.54, 1.807) is 13.3 Å². The molecular weight excluding hydrogens is 514 g/mol. The maximum Gasteiger partial charge on any atom is 0.408 e. The molecule has 7 heteroatoms. The van der Waals surface area contributed by atoms with Gasteiger partial charge in [-0.15, -0.1) is 0 Å². The van der Waals surface area contributed by atoms with Crippen LogP contribution in [0.1, 0.15) is 41.0 Å². The summed E-state index contributed by atoms with van der Waals surface area (Å²) >= 11 is 0. The van der Waals surface area contributed by atoms with Gasteiger partial charge in [0.15, 0.2) is 0 Å². The third-order valence-corrected chi connectivity index (χ3v) is 7.15.